The molecule has 4 nitrogen and oxygen atoms in total. The molecule has 5 rings (SSSR count). The topological polar surface area (TPSA) is 51.5 Å². The molecular weight excluding hydrogens is 432 g/mol. The summed E-state index contributed by atoms with van der Waals surface area (Å²) in [4.78, 5) is 9.21. The lowest BCUT2D eigenvalue weighted by Gasteiger charge is -2.18. The predicted octanol–water partition coefficient (Wildman–Crippen LogP) is 8.46. The van der Waals surface area contributed by atoms with Crippen molar-refractivity contribution in [3.63, 3.8) is 0 Å². The fourth-order valence-corrected chi connectivity index (χ4v) is 3.83. The number of rotatable bonds is 4. The SMILES string of the molecule is CC(C)(C)c1ccc(-c2nc3cc(N=Cc4ccc(-c5ccccc5Cl)o4)ccc3o2)cc1. The van der Waals surface area contributed by atoms with Gasteiger partial charge in [-0.05, 0) is 65.6 Å². The highest BCUT2D eigenvalue weighted by molar-refractivity contribution is 6.33. The summed E-state index contributed by atoms with van der Waals surface area (Å²) in [5.74, 6) is 1.95. The van der Waals surface area contributed by atoms with Gasteiger partial charge >= 0.3 is 0 Å². The summed E-state index contributed by atoms with van der Waals surface area (Å²) >= 11 is 6.26. The van der Waals surface area contributed by atoms with Gasteiger partial charge in [-0.15, -0.1) is 0 Å². The molecule has 164 valence electrons. The third-order valence-electron chi connectivity index (χ3n) is 5.48. The third kappa shape index (κ3) is 4.48. The molecule has 0 aliphatic heterocycles. The summed E-state index contributed by atoms with van der Waals surface area (Å²) in [6.45, 7) is 6.59. The number of benzene rings is 3. The number of aliphatic imine (C=N–C) groups is 1. The lowest BCUT2D eigenvalue weighted by molar-refractivity contribution is 0.575. The molecule has 0 unspecified atom stereocenters. The Balaban J connectivity index is 1.37. The zero-order valence-corrected chi connectivity index (χ0v) is 19.4. The molecule has 0 bridgehead atoms. The molecule has 0 N–H and O–H groups in total. The van der Waals surface area contributed by atoms with E-state index in [4.69, 9.17) is 20.4 Å². The first-order chi connectivity index (χ1) is 15.9. The van der Waals surface area contributed by atoms with Crippen LogP contribution in [0.5, 0.6) is 0 Å². The maximum Gasteiger partial charge on any atom is 0.227 e. The van der Waals surface area contributed by atoms with Crippen LogP contribution in [0.2, 0.25) is 5.02 Å². The summed E-state index contributed by atoms with van der Waals surface area (Å²) in [5, 5.41) is 0.649. The van der Waals surface area contributed by atoms with Gasteiger partial charge in [0.2, 0.25) is 5.89 Å². The van der Waals surface area contributed by atoms with Crippen molar-refractivity contribution in [3.05, 3.63) is 95.2 Å². The summed E-state index contributed by atoms with van der Waals surface area (Å²) < 4.78 is 11.9. The van der Waals surface area contributed by atoms with Gasteiger partial charge in [-0.3, -0.25) is 4.99 Å². The largest absolute Gasteiger partial charge is 0.455 e. The van der Waals surface area contributed by atoms with Gasteiger partial charge in [0.15, 0.2) is 5.58 Å². The second-order valence-electron chi connectivity index (χ2n) is 8.94. The highest BCUT2D eigenvalue weighted by Crippen LogP contribution is 2.31. The van der Waals surface area contributed by atoms with Crippen LogP contribution >= 0.6 is 11.6 Å². The van der Waals surface area contributed by atoms with Crippen LogP contribution in [0.1, 0.15) is 32.1 Å². The van der Waals surface area contributed by atoms with E-state index in [2.05, 4.69) is 55.0 Å². The lowest BCUT2D eigenvalue weighted by atomic mass is 9.87. The van der Waals surface area contributed by atoms with Crippen molar-refractivity contribution in [2.45, 2.75) is 26.2 Å². The van der Waals surface area contributed by atoms with Crippen LogP contribution in [0.3, 0.4) is 0 Å². The molecule has 0 spiro atoms. The van der Waals surface area contributed by atoms with Crippen molar-refractivity contribution in [1.82, 2.24) is 4.98 Å². The standard InChI is InChI=1S/C28H23ClN2O2/c1-28(2,3)19-10-8-18(9-11-19)27-31-24-16-20(12-14-26(24)33-27)30-17-21-13-15-25(32-21)22-6-4-5-7-23(22)29/h4-17H,1-3H3. The van der Waals surface area contributed by atoms with Gasteiger partial charge in [0.1, 0.15) is 17.0 Å². The number of oxazole rings is 1. The Morgan fingerprint density at radius 3 is 2.42 bits per heavy atom. The van der Waals surface area contributed by atoms with Crippen LogP contribution in [0.25, 0.3) is 33.9 Å². The Hall–Kier alpha value is -3.63. The molecule has 2 aromatic heterocycles. The Bertz CT molecular complexity index is 1450. The van der Waals surface area contributed by atoms with E-state index in [1.807, 2.05) is 54.6 Å². The first kappa shape index (κ1) is 21.2. The van der Waals surface area contributed by atoms with Gasteiger partial charge < -0.3 is 8.83 Å². The molecule has 0 saturated heterocycles. The van der Waals surface area contributed by atoms with Crippen molar-refractivity contribution in [1.29, 1.82) is 0 Å². The van der Waals surface area contributed by atoms with E-state index in [9.17, 15) is 0 Å². The minimum atomic E-state index is 0.106. The molecule has 33 heavy (non-hydrogen) atoms. The molecule has 0 fully saturated rings. The van der Waals surface area contributed by atoms with Crippen LogP contribution < -0.4 is 0 Å². The van der Waals surface area contributed by atoms with E-state index in [-0.39, 0.29) is 5.41 Å². The van der Waals surface area contributed by atoms with E-state index < -0.39 is 0 Å². The van der Waals surface area contributed by atoms with Crippen molar-refractivity contribution in [2.24, 2.45) is 4.99 Å². The van der Waals surface area contributed by atoms with Gasteiger partial charge in [0, 0.05) is 11.1 Å². The van der Waals surface area contributed by atoms with E-state index in [1.165, 1.54) is 5.56 Å². The summed E-state index contributed by atoms with van der Waals surface area (Å²) in [7, 11) is 0. The fourth-order valence-electron chi connectivity index (χ4n) is 3.60. The number of halogens is 1. The second kappa shape index (κ2) is 8.38. The summed E-state index contributed by atoms with van der Waals surface area (Å²) in [6, 6.07) is 25.4. The van der Waals surface area contributed by atoms with E-state index in [0.717, 1.165) is 27.9 Å². The molecule has 3 aromatic carbocycles. The number of hydrogen-bond acceptors (Lipinski definition) is 4. The van der Waals surface area contributed by atoms with Crippen LogP contribution in [0, 0.1) is 0 Å². The van der Waals surface area contributed by atoms with Gasteiger partial charge in [-0.1, -0.05) is 56.6 Å². The molecule has 0 radical (unpaired) electrons. The van der Waals surface area contributed by atoms with Crippen LogP contribution in [-0.2, 0) is 5.41 Å². The molecule has 0 atom stereocenters. The zero-order chi connectivity index (χ0) is 23.0. The minimum Gasteiger partial charge on any atom is -0.455 e. The number of furan rings is 1. The van der Waals surface area contributed by atoms with Crippen molar-refractivity contribution < 1.29 is 8.83 Å². The monoisotopic (exact) mass is 454 g/mol. The Kier molecular flexibility index (Phi) is 5.39. The fraction of sp³-hybridized carbons (Fsp3) is 0.143. The maximum atomic E-state index is 6.26. The molecule has 0 saturated carbocycles. The quantitative estimate of drug-likeness (QED) is 0.256. The molecule has 0 aliphatic carbocycles. The molecule has 5 heteroatoms. The Morgan fingerprint density at radius 2 is 1.67 bits per heavy atom. The van der Waals surface area contributed by atoms with Gasteiger partial charge in [0.25, 0.3) is 0 Å². The summed E-state index contributed by atoms with van der Waals surface area (Å²) in [5.41, 5.74) is 5.43. The molecule has 0 aliphatic rings. The number of nitrogens with zero attached hydrogens (tertiary/aromatic N) is 2. The van der Waals surface area contributed by atoms with Crippen LogP contribution in [-0.4, -0.2) is 11.2 Å². The molecule has 2 heterocycles. The van der Waals surface area contributed by atoms with E-state index >= 15 is 0 Å². The smallest absolute Gasteiger partial charge is 0.227 e. The van der Waals surface area contributed by atoms with Gasteiger partial charge in [0.05, 0.1) is 16.9 Å². The molecule has 5 aromatic rings. The van der Waals surface area contributed by atoms with Crippen LogP contribution in [0.4, 0.5) is 5.69 Å². The minimum absolute atomic E-state index is 0.106. The number of hydrogen-bond donors (Lipinski definition) is 0. The predicted molar refractivity (Wildman–Crippen MR) is 135 cm³/mol. The van der Waals surface area contributed by atoms with Gasteiger partial charge in [-0.25, -0.2) is 4.98 Å². The highest BCUT2D eigenvalue weighted by atomic mass is 35.5. The van der Waals surface area contributed by atoms with Crippen molar-refractivity contribution >= 4 is 34.6 Å². The zero-order valence-electron chi connectivity index (χ0n) is 18.7. The first-order valence-corrected chi connectivity index (χ1v) is 11.1. The Labute approximate surface area is 197 Å². The highest BCUT2D eigenvalue weighted by Gasteiger charge is 2.15. The molecular formula is C28H23ClN2O2. The first-order valence-electron chi connectivity index (χ1n) is 10.8. The average molecular weight is 455 g/mol. The van der Waals surface area contributed by atoms with E-state index in [0.29, 0.717) is 22.4 Å². The van der Waals surface area contributed by atoms with Crippen molar-refractivity contribution in [3.8, 4) is 22.8 Å². The number of fused-ring (bicyclic) bond motifs is 1. The summed E-state index contributed by atoms with van der Waals surface area (Å²) in [6.07, 6.45) is 1.69. The second-order valence-corrected chi connectivity index (χ2v) is 9.35. The van der Waals surface area contributed by atoms with Gasteiger partial charge in [-0.2, -0.15) is 0 Å². The average Bonchev–Trinajstić information content (AvgIpc) is 3.44. The normalized spacial score (nSPS) is 12.1. The number of aromatic nitrogens is 1. The Morgan fingerprint density at radius 1 is 0.879 bits per heavy atom. The maximum absolute atomic E-state index is 6.26. The van der Waals surface area contributed by atoms with Crippen molar-refractivity contribution in [2.75, 3.05) is 0 Å². The van der Waals surface area contributed by atoms with Crippen LogP contribution in [0.15, 0.2) is 92.7 Å². The molecule has 0 amide bonds. The lowest BCUT2D eigenvalue weighted by Crippen LogP contribution is -2.10. The van der Waals surface area contributed by atoms with E-state index in [1.54, 1.807) is 6.21 Å². The third-order valence-corrected chi connectivity index (χ3v) is 5.81.